The Balaban J connectivity index is 1.45. The van der Waals surface area contributed by atoms with Gasteiger partial charge in [-0.3, -0.25) is 9.78 Å². The van der Waals surface area contributed by atoms with Crippen LogP contribution in [-0.4, -0.2) is 38.8 Å². The summed E-state index contributed by atoms with van der Waals surface area (Å²) < 4.78 is 0. The van der Waals surface area contributed by atoms with Crippen LogP contribution in [0.2, 0.25) is 0 Å². The number of benzene rings is 1. The van der Waals surface area contributed by atoms with E-state index in [0.717, 1.165) is 42.8 Å². The van der Waals surface area contributed by atoms with Gasteiger partial charge in [-0.05, 0) is 37.1 Å². The van der Waals surface area contributed by atoms with Gasteiger partial charge >= 0.3 is 0 Å². The molecule has 0 aliphatic carbocycles. The van der Waals surface area contributed by atoms with E-state index in [1.54, 1.807) is 12.3 Å². The number of rotatable bonds is 2. The molecule has 0 bridgehead atoms. The van der Waals surface area contributed by atoms with Gasteiger partial charge in [0.05, 0.1) is 11.0 Å². The van der Waals surface area contributed by atoms with Gasteiger partial charge in [-0.1, -0.05) is 18.2 Å². The molecule has 0 radical (unpaired) electrons. The van der Waals surface area contributed by atoms with Crippen molar-refractivity contribution in [2.45, 2.75) is 18.8 Å². The standard InChI is InChI=1S/C18H18N4O/c23-18(16-7-3-4-10-19-16)22-11-8-13(9-12-22)17-20-14-5-1-2-6-15(14)21-17/h1-7,10,13H,8-9,11-12H2,(H,20,21). The minimum atomic E-state index is 0.0219. The number of likely N-dealkylation sites (tertiary alicyclic amines) is 1. The lowest BCUT2D eigenvalue weighted by Crippen LogP contribution is -2.38. The first-order valence-electron chi connectivity index (χ1n) is 7.96. The first kappa shape index (κ1) is 13.9. The minimum Gasteiger partial charge on any atom is -0.342 e. The van der Waals surface area contributed by atoms with Crippen LogP contribution in [-0.2, 0) is 0 Å². The SMILES string of the molecule is O=C(c1ccccn1)N1CCC(c2nc3ccccc3[nH]2)CC1. The van der Waals surface area contributed by atoms with E-state index in [9.17, 15) is 4.79 Å². The van der Waals surface area contributed by atoms with Crippen molar-refractivity contribution in [1.29, 1.82) is 0 Å². The van der Waals surface area contributed by atoms with Crippen LogP contribution in [0.3, 0.4) is 0 Å². The Kier molecular flexibility index (Phi) is 3.54. The highest BCUT2D eigenvalue weighted by Gasteiger charge is 2.26. The second kappa shape index (κ2) is 5.83. The van der Waals surface area contributed by atoms with Crippen molar-refractivity contribution in [3.8, 4) is 0 Å². The topological polar surface area (TPSA) is 61.9 Å². The molecule has 1 amide bonds. The molecule has 116 valence electrons. The summed E-state index contributed by atoms with van der Waals surface area (Å²) in [6.07, 6.45) is 3.52. The highest BCUT2D eigenvalue weighted by atomic mass is 16.2. The zero-order valence-electron chi connectivity index (χ0n) is 12.8. The fourth-order valence-electron chi connectivity index (χ4n) is 3.17. The number of aromatic amines is 1. The lowest BCUT2D eigenvalue weighted by Gasteiger charge is -2.30. The van der Waals surface area contributed by atoms with Crippen molar-refractivity contribution in [3.05, 3.63) is 60.2 Å². The zero-order chi connectivity index (χ0) is 15.6. The molecule has 0 atom stereocenters. The largest absolute Gasteiger partial charge is 0.342 e. The number of nitrogens with zero attached hydrogens (tertiary/aromatic N) is 3. The first-order chi connectivity index (χ1) is 11.3. The lowest BCUT2D eigenvalue weighted by molar-refractivity contribution is 0.0705. The highest BCUT2D eigenvalue weighted by Crippen LogP contribution is 2.28. The van der Waals surface area contributed by atoms with Crippen LogP contribution in [0.5, 0.6) is 0 Å². The molecule has 5 heteroatoms. The molecule has 23 heavy (non-hydrogen) atoms. The molecule has 0 saturated carbocycles. The van der Waals surface area contributed by atoms with Gasteiger partial charge in [-0.25, -0.2) is 4.98 Å². The number of carbonyl (C=O) groups is 1. The number of hydrogen-bond donors (Lipinski definition) is 1. The molecule has 1 aromatic carbocycles. The molecule has 5 nitrogen and oxygen atoms in total. The van der Waals surface area contributed by atoms with E-state index in [1.807, 2.05) is 41.3 Å². The van der Waals surface area contributed by atoms with Crippen molar-refractivity contribution < 1.29 is 4.79 Å². The summed E-state index contributed by atoms with van der Waals surface area (Å²) in [5, 5.41) is 0. The average molecular weight is 306 g/mol. The minimum absolute atomic E-state index is 0.0219. The number of para-hydroxylation sites is 2. The number of piperidine rings is 1. The molecule has 3 aromatic rings. The van der Waals surface area contributed by atoms with Gasteiger partial charge in [0.25, 0.3) is 5.91 Å². The zero-order valence-corrected chi connectivity index (χ0v) is 12.8. The summed E-state index contributed by atoms with van der Waals surface area (Å²) in [7, 11) is 0. The summed E-state index contributed by atoms with van der Waals surface area (Å²) in [5.74, 6) is 1.44. The normalized spacial score (nSPS) is 15.9. The fraction of sp³-hybridized carbons (Fsp3) is 0.278. The third kappa shape index (κ3) is 2.70. The second-order valence-electron chi connectivity index (χ2n) is 5.92. The number of pyridine rings is 1. The van der Waals surface area contributed by atoms with Crippen molar-refractivity contribution in [1.82, 2.24) is 19.9 Å². The van der Waals surface area contributed by atoms with Crippen molar-refractivity contribution >= 4 is 16.9 Å². The molecular formula is C18H18N4O. The van der Waals surface area contributed by atoms with Crippen LogP contribution in [0.15, 0.2) is 48.7 Å². The maximum atomic E-state index is 12.4. The van der Waals surface area contributed by atoms with Crippen molar-refractivity contribution in [3.63, 3.8) is 0 Å². The van der Waals surface area contributed by atoms with Crippen LogP contribution >= 0.6 is 0 Å². The molecule has 1 N–H and O–H groups in total. The molecule has 3 heterocycles. The van der Waals surface area contributed by atoms with Gasteiger partial charge in [0.1, 0.15) is 11.5 Å². The van der Waals surface area contributed by atoms with Gasteiger partial charge in [0.15, 0.2) is 0 Å². The molecule has 0 spiro atoms. The second-order valence-corrected chi connectivity index (χ2v) is 5.92. The smallest absolute Gasteiger partial charge is 0.272 e. The van der Waals surface area contributed by atoms with E-state index in [0.29, 0.717) is 11.6 Å². The van der Waals surface area contributed by atoms with Gasteiger partial charge in [-0.15, -0.1) is 0 Å². The van der Waals surface area contributed by atoms with E-state index >= 15 is 0 Å². The van der Waals surface area contributed by atoms with E-state index in [2.05, 4.69) is 9.97 Å². The predicted octanol–water partition coefficient (Wildman–Crippen LogP) is 2.98. The summed E-state index contributed by atoms with van der Waals surface area (Å²) >= 11 is 0. The average Bonchev–Trinajstić information content (AvgIpc) is 3.06. The Hall–Kier alpha value is -2.69. The quantitative estimate of drug-likeness (QED) is 0.791. The molecular weight excluding hydrogens is 288 g/mol. The lowest BCUT2D eigenvalue weighted by atomic mass is 9.96. The molecule has 1 fully saturated rings. The van der Waals surface area contributed by atoms with Crippen LogP contribution in [0.4, 0.5) is 0 Å². The molecule has 2 aromatic heterocycles. The van der Waals surface area contributed by atoms with E-state index in [1.165, 1.54) is 0 Å². The third-order valence-electron chi connectivity index (χ3n) is 4.46. The molecule has 1 aliphatic rings. The molecule has 1 aliphatic heterocycles. The number of H-pyrrole nitrogens is 1. The van der Waals surface area contributed by atoms with Gasteiger partial charge in [0.2, 0.25) is 0 Å². The maximum Gasteiger partial charge on any atom is 0.272 e. The number of nitrogens with one attached hydrogen (secondary N) is 1. The summed E-state index contributed by atoms with van der Waals surface area (Å²) in [6.45, 7) is 1.49. The van der Waals surface area contributed by atoms with Crippen LogP contribution in [0.25, 0.3) is 11.0 Å². The van der Waals surface area contributed by atoms with E-state index < -0.39 is 0 Å². The molecule has 0 unspecified atom stereocenters. The van der Waals surface area contributed by atoms with Crippen LogP contribution in [0.1, 0.15) is 35.1 Å². The maximum absolute atomic E-state index is 12.4. The Labute approximate surface area is 134 Å². The monoisotopic (exact) mass is 306 g/mol. The Morgan fingerprint density at radius 3 is 2.61 bits per heavy atom. The number of hydrogen-bond acceptors (Lipinski definition) is 3. The first-order valence-corrected chi connectivity index (χ1v) is 7.96. The predicted molar refractivity (Wildman–Crippen MR) is 88.2 cm³/mol. The fourth-order valence-corrected chi connectivity index (χ4v) is 3.17. The van der Waals surface area contributed by atoms with Crippen molar-refractivity contribution in [2.75, 3.05) is 13.1 Å². The number of fused-ring (bicyclic) bond motifs is 1. The van der Waals surface area contributed by atoms with Gasteiger partial charge in [0, 0.05) is 25.2 Å². The highest BCUT2D eigenvalue weighted by molar-refractivity contribution is 5.92. The van der Waals surface area contributed by atoms with Crippen LogP contribution < -0.4 is 0 Å². The number of carbonyl (C=O) groups excluding carboxylic acids is 1. The molecule has 4 rings (SSSR count). The Bertz CT molecular complexity index is 786. The van der Waals surface area contributed by atoms with E-state index in [-0.39, 0.29) is 5.91 Å². The number of amides is 1. The van der Waals surface area contributed by atoms with Gasteiger partial charge < -0.3 is 9.88 Å². The summed E-state index contributed by atoms with van der Waals surface area (Å²) in [4.78, 5) is 26.6. The van der Waals surface area contributed by atoms with Gasteiger partial charge in [-0.2, -0.15) is 0 Å². The van der Waals surface area contributed by atoms with Crippen LogP contribution in [0, 0.1) is 0 Å². The van der Waals surface area contributed by atoms with Crippen molar-refractivity contribution in [2.24, 2.45) is 0 Å². The molecule has 1 saturated heterocycles. The number of aromatic nitrogens is 3. The number of imidazole rings is 1. The van der Waals surface area contributed by atoms with E-state index in [4.69, 9.17) is 4.98 Å². The third-order valence-corrected chi connectivity index (χ3v) is 4.46. The Morgan fingerprint density at radius 1 is 1.09 bits per heavy atom. The summed E-state index contributed by atoms with van der Waals surface area (Å²) in [6, 6.07) is 13.5. The Morgan fingerprint density at radius 2 is 1.87 bits per heavy atom. The summed E-state index contributed by atoms with van der Waals surface area (Å²) in [5.41, 5.74) is 2.61.